The number of aromatic nitrogens is 3. The predicted octanol–water partition coefficient (Wildman–Crippen LogP) is 0.571. The van der Waals surface area contributed by atoms with Gasteiger partial charge in [0, 0.05) is 39.2 Å². The number of nitrogens with zero attached hydrogens (tertiary/aromatic N) is 4. The molecular formula is C16H22N6O2. The van der Waals surface area contributed by atoms with Crippen LogP contribution in [0, 0.1) is 5.92 Å². The third kappa shape index (κ3) is 3.17. The monoisotopic (exact) mass is 330 g/mol. The van der Waals surface area contributed by atoms with E-state index in [1.54, 1.807) is 11.6 Å². The molecule has 1 fully saturated rings. The van der Waals surface area contributed by atoms with Gasteiger partial charge in [-0.2, -0.15) is 0 Å². The number of fused-ring (bicyclic) bond motifs is 1. The number of nitrogens with one attached hydrogen (secondary N) is 2. The molecule has 1 saturated heterocycles. The van der Waals surface area contributed by atoms with Crippen molar-refractivity contribution in [1.82, 2.24) is 25.2 Å². The molecule has 8 nitrogen and oxygen atoms in total. The molecule has 2 aromatic heterocycles. The molecule has 0 spiro atoms. The fourth-order valence-corrected chi connectivity index (χ4v) is 2.94. The van der Waals surface area contributed by atoms with Gasteiger partial charge in [-0.15, -0.1) is 5.10 Å². The van der Waals surface area contributed by atoms with E-state index >= 15 is 0 Å². The molecule has 1 unspecified atom stereocenters. The van der Waals surface area contributed by atoms with Crippen LogP contribution in [-0.2, 0) is 11.3 Å². The normalized spacial score (nSPS) is 17.3. The van der Waals surface area contributed by atoms with E-state index < -0.39 is 0 Å². The molecule has 0 aromatic carbocycles. The lowest BCUT2D eigenvalue weighted by atomic mass is 10.2. The number of pyridine rings is 1. The summed E-state index contributed by atoms with van der Waals surface area (Å²) < 4.78 is 1.63. The van der Waals surface area contributed by atoms with Gasteiger partial charge in [0.1, 0.15) is 0 Å². The van der Waals surface area contributed by atoms with Crippen molar-refractivity contribution in [2.75, 3.05) is 25.0 Å². The van der Waals surface area contributed by atoms with Crippen molar-refractivity contribution >= 4 is 23.1 Å². The van der Waals surface area contributed by atoms with Crippen LogP contribution in [0.4, 0.5) is 5.69 Å². The van der Waals surface area contributed by atoms with E-state index in [1.807, 2.05) is 12.3 Å². The van der Waals surface area contributed by atoms with Gasteiger partial charge < -0.3 is 15.5 Å². The van der Waals surface area contributed by atoms with E-state index in [9.17, 15) is 9.59 Å². The van der Waals surface area contributed by atoms with Gasteiger partial charge in [-0.3, -0.25) is 9.59 Å². The molecule has 0 bridgehead atoms. The lowest BCUT2D eigenvalue weighted by Crippen LogP contribution is -2.22. The topological polar surface area (TPSA) is 91.6 Å². The van der Waals surface area contributed by atoms with Gasteiger partial charge >= 0.3 is 0 Å². The SMILES string of the molecule is CNC(=O)c1nc2c(CNC(C)=O)cc(N3CCC(C)C3)cn2n1. The predicted molar refractivity (Wildman–Crippen MR) is 89.9 cm³/mol. The average Bonchev–Trinajstić information content (AvgIpc) is 3.17. The van der Waals surface area contributed by atoms with E-state index in [0.29, 0.717) is 18.1 Å². The molecule has 2 amide bonds. The van der Waals surface area contributed by atoms with Gasteiger partial charge in [0.05, 0.1) is 11.9 Å². The van der Waals surface area contributed by atoms with Crippen LogP contribution in [-0.4, -0.2) is 46.5 Å². The average molecular weight is 330 g/mol. The molecule has 0 radical (unpaired) electrons. The van der Waals surface area contributed by atoms with Crippen LogP contribution in [0.1, 0.15) is 36.5 Å². The maximum atomic E-state index is 11.8. The van der Waals surface area contributed by atoms with Crippen molar-refractivity contribution in [2.24, 2.45) is 5.92 Å². The quantitative estimate of drug-likeness (QED) is 0.855. The Kier molecular flexibility index (Phi) is 4.37. The minimum atomic E-state index is -0.333. The second kappa shape index (κ2) is 6.46. The number of carbonyl (C=O) groups is 2. The van der Waals surface area contributed by atoms with Gasteiger partial charge in [0.2, 0.25) is 11.7 Å². The fourth-order valence-electron chi connectivity index (χ4n) is 2.94. The highest BCUT2D eigenvalue weighted by Gasteiger charge is 2.21. The largest absolute Gasteiger partial charge is 0.370 e. The standard InChI is InChI=1S/C16H22N6O2/c1-10-4-5-21(8-10)13-6-12(7-18-11(2)23)15-19-14(16(24)17-3)20-22(15)9-13/h6,9-10H,4-5,7-8H2,1-3H3,(H,17,24)(H,18,23). The van der Waals surface area contributed by atoms with E-state index in [-0.39, 0.29) is 17.6 Å². The molecule has 8 heteroatoms. The highest BCUT2D eigenvalue weighted by Crippen LogP contribution is 2.25. The van der Waals surface area contributed by atoms with Crippen molar-refractivity contribution in [2.45, 2.75) is 26.8 Å². The Balaban J connectivity index is 2.03. The van der Waals surface area contributed by atoms with Crippen molar-refractivity contribution in [3.63, 3.8) is 0 Å². The lowest BCUT2D eigenvalue weighted by molar-refractivity contribution is -0.119. The summed E-state index contributed by atoms with van der Waals surface area (Å²) in [5.74, 6) is 0.324. The maximum absolute atomic E-state index is 11.8. The molecule has 0 aliphatic carbocycles. The minimum Gasteiger partial charge on any atom is -0.370 e. The van der Waals surface area contributed by atoms with Crippen LogP contribution in [0.15, 0.2) is 12.3 Å². The summed E-state index contributed by atoms with van der Waals surface area (Å²) in [5.41, 5.74) is 2.45. The molecule has 1 aliphatic heterocycles. The second-order valence-electron chi connectivity index (χ2n) is 6.26. The third-order valence-corrected chi connectivity index (χ3v) is 4.24. The Morgan fingerprint density at radius 2 is 2.21 bits per heavy atom. The summed E-state index contributed by atoms with van der Waals surface area (Å²) in [4.78, 5) is 29.7. The van der Waals surface area contributed by atoms with E-state index in [4.69, 9.17) is 0 Å². The molecule has 24 heavy (non-hydrogen) atoms. The summed E-state index contributed by atoms with van der Waals surface area (Å²) in [6.07, 6.45) is 3.05. The van der Waals surface area contributed by atoms with Crippen LogP contribution < -0.4 is 15.5 Å². The van der Waals surface area contributed by atoms with Crippen molar-refractivity contribution < 1.29 is 9.59 Å². The molecule has 3 heterocycles. The van der Waals surface area contributed by atoms with E-state index in [2.05, 4.69) is 32.5 Å². The van der Waals surface area contributed by atoms with Crippen LogP contribution in [0.2, 0.25) is 0 Å². The van der Waals surface area contributed by atoms with Gasteiger partial charge in [0.15, 0.2) is 5.65 Å². The number of anilines is 1. The minimum absolute atomic E-state index is 0.112. The van der Waals surface area contributed by atoms with Gasteiger partial charge in [-0.1, -0.05) is 6.92 Å². The number of rotatable bonds is 4. The van der Waals surface area contributed by atoms with Crippen molar-refractivity contribution in [1.29, 1.82) is 0 Å². The van der Waals surface area contributed by atoms with Crippen LogP contribution in [0.25, 0.3) is 5.65 Å². The first-order valence-electron chi connectivity index (χ1n) is 8.08. The van der Waals surface area contributed by atoms with E-state index in [1.165, 1.54) is 6.92 Å². The Morgan fingerprint density at radius 1 is 1.42 bits per heavy atom. The summed E-state index contributed by atoms with van der Waals surface area (Å²) in [7, 11) is 1.54. The number of amides is 2. The van der Waals surface area contributed by atoms with Crippen LogP contribution >= 0.6 is 0 Å². The summed E-state index contributed by atoms with van der Waals surface area (Å²) >= 11 is 0. The van der Waals surface area contributed by atoms with Crippen LogP contribution in [0.5, 0.6) is 0 Å². The van der Waals surface area contributed by atoms with Crippen LogP contribution in [0.3, 0.4) is 0 Å². The maximum Gasteiger partial charge on any atom is 0.290 e. The second-order valence-corrected chi connectivity index (χ2v) is 6.26. The zero-order valence-corrected chi connectivity index (χ0v) is 14.2. The van der Waals surface area contributed by atoms with Gasteiger partial charge in [0.25, 0.3) is 5.91 Å². The number of hydrogen-bond donors (Lipinski definition) is 2. The first kappa shape index (κ1) is 16.2. The zero-order chi connectivity index (χ0) is 17.3. The molecular weight excluding hydrogens is 308 g/mol. The molecule has 1 atom stereocenters. The van der Waals surface area contributed by atoms with Gasteiger partial charge in [-0.25, -0.2) is 9.50 Å². The number of hydrogen-bond acceptors (Lipinski definition) is 5. The first-order valence-corrected chi connectivity index (χ1v) is 8.08. The Bertz CT molecular complexity index is 784. The Morgan fingerprint density at radius 3 is 2.83 bits per heavy atom. The third-order valence-electron chi connectivity index (χ3n) is 4.24. The highest BCUT2D eigenvalue weighted by atomic mass is 16.2. The zero-order valence-electron chi connectivity index (χ0n) is 14.2. The first-order chi connectivity index (χ1) is 11.5. The lowest BCUT2D eigenvalue weighted by Gasteiger charge is -2.19. The molecule has 128 valence electrons. The molecule has 3 rings (SSSR count). The fraction of sp³-hybridized carbons (Fsp3) is 0.500. The molecule has 2 N–H and O–H groups in total. The smallest absolute Gasteiger partial charge is 0.290 e. The molecule has 2 aromatic rings. The number of carbonyl (C=O) groups excluding carboxylic acids is 2. The van der Waals surface area contributed by atoms with Crippen molar-refractivity contribution in [3.8, 4) is 0 Å². The van der Waals surface area contributed by atoms with Crippen molar-refractivity contribution in [3.05, 3.63) is 23.7 Å². The summed E-state index contributed by atoms with van der Waals surface area (Å²) in [5, 5.41) is 9.60. The summed E-state index contributed by atoms with van der Waals surface area (Å²) in [6, 6.07) is 2.02. The van der Waals surface area contributed by atoms with Gasteiger partial charge in [-0.05, 0) is 18.4 Å². The Labute approximate surface area is 140 Å². The Hall–Kier alpha value is -2.64. The molecule has 1 aliphatic rings. The highest BCUT2D eigenvalue weighted by molar-refractivity contribution is 5.90. The van der Waals surface area contributed by atoms with E-state index in [0.717, 1.165) is 30.8 Å². The molecule has 0 saturated carbocycles. The summed E-state index contributed by atoms with van der Waals surface area (Å²) in [6.45, 7) is 6.03.